The van der Waals surface area contributed by atoms with Gasteiger partial charge >= 0.3 is 17.9 Å². The Morgan fingerprint density at radius 2 is 1.76 bits per heavy atom. The minimum atomic E-state index is -0.746. The fourth-order valence-electron chi connectivity index (χ4n) is 1.43. The number of anilines is 1. The third kappa shape index (κ3) is 4.64. The zero-order valence-electron chi connectivity index (χ0n) is 11.8. The molecule has 0 radical (unpaired) electrons. The molecule has 0 unspecified atom stereocenters. The van der Waals surface area contributed by atoms with Crippen molar-refractivity contribution in [3.8, 4) is 0 Å². The lowest BCUT2D eigenvalue weighted by Crippen LogP contribution is -2.15. The van der Waals surface area contributed by atoms with Gasteiger partial charge in [0, 0.05) is 5.69 Å². The quantitative estimate of drug-likeness (QED) is 0.494. The van der Waals surface area contributed by atoms with Crippen LogP contribution in [0.15, 0.2) is 36.0 Å². The lowest BCUT2D eigenvalue weighted by atomic mass is 10.2. The first kappa shape index (κ1) is 16.2. The molecule has 0 saturated heterocycles. The van der Waals surface area contributed by atoms with Crippen LogP contribution in [0.2, 0.25) is 0 Å². The number of esters is 3. The molecule has 0 spiro atoms. The van der Waals surface area contributed by atoms with E-state index < -0.39 is 17.9 Å². The number of hydrogen-bond acceptors (Lipinski definition) is 7. The summed E-state index contributed by atoms with van der Waals surface area (Å²) in [5, 5.41) is 2.69. The molecule has 1 rings (SSSR count). The van der Waals surface area contributed by atoms with Gasteiger partial charge in [-0.2, -0.15) is 0 Å². The molecule has 0 aliphatic carbocycles. The van der Waals surface area contributed by atoms with E-state index in [1.807, 2.05) is 0 Å². The van der Waals surface area contributed by atoms with E-state index >= 15 is 0 Å². The van der Waals surface area contributed by atoms with E-state index in [-0.39, 0.29) is 5.70 Å². The number of ether oxygens (including phenoxy) is 3. The smallest absolute Gasteiger partial charge is 0.354 e. The van der Waals surface area contributed by atoms with Crippen LogP contribution in [0, 0.1) is 0 Å². The first-order valence-electron chi connectivity index (χ1n) is 5.85. The van der Waals surface area contributed by atoms with Crippen molar-refractivity contribution in [2.75, 3.05) is 26.6 Å². The molecule has 0 aliphatic heterocycles. The third-order valence-corrected chi connectivity index (χ3v) is 2.43. The molecule has 0 saturated carbocycles. The molecular formula is C14H15NO6. The van der Waals surface area contributed by atoms with E-state index in [1.165, 1.54) is 27.4 Å². The maximum Gasteiger partial charge on any atom is 0.354 e. The Bertz CT molecular complexity index is 579. The number of carbonyl (C=O) groups excluding carboxylic acids is 3. The molecule has 0 heterocycles. The summed E-state index contributed by atoms with van der Waals surface area (Å²) in [5.74, 6) is -1.98. The SMILES string of the molecule is COC(=O)/C=C(/Nc1cccc(C(=O)OC)c1)C(=O)OC. The Labute approximate surface area is 121 Å². The third-order valence-electron chi connectivity index (χ3n) is 2.43. The molecule has 7 nitrogen and oxygen atoms in total. The lowest BCUT2D eigenvalue weighted by molar-refractivity contribution is -0.138. The summed E-state index contributed by atoms with van der Waals surface area (Å²) < 4.78 is 13.6. The molecule has 0 amide bonds. The molecule has 1 aromatic carbocycles. The number of carbonyl (C=O) groups is 3. The van der Waals surface area contributed by atoms with E-state index in [2.05, 4.69) is 19.5 Å². The van der Waals surface area contributed by atoms with Crippen LogP contribution < -0.4 is 5.32 Å². The molecule has 112 valence electrons. The van der Waals surface area contributed by atoms with Gasteiger partial charge in [0.2, 0.25) is 0 Å². The molecule has 0 aliphatic rings. The monoisotopic (exact) mass is 293 g/mol. The summed E-state index contributed by atoms with van der Waals surface area (Å²) in [6.45, 7) is 0. The van der Waals surface area contributed by atoms with Gasteiger partial charge in [0.1, 0.15) is 5.70 Å². The molecule has 1 aromatic rings. The number of rotatable bonds is 5. The normalized spacial score (nSPS) is 10.5. The van der Waals surface area contributed by atoms with Gasteiger partial charge in [-0.15, -0.1) is 0 Å². The summed E-state index contributed by atoms with van der Waals surface area (Å²) in [6, 6.07) is 6.24. The maximum atomic E-state index is 11.6. The fourth-order valence-corrected chi connectivity index (χ4v) is 1.43. The highest BCUT2D eigenvalue weighted by Crippen LogP contribution is 2.14. The van der Waals surface area contributed by atoms with Crippen molar-refractivity contribution in [3.05, 3.63) is 41.6 Å². The first-order chi connectivity index (χ1) is 10.0. The average Bonchev–Trinajstić information content (AvgIpc) is 2.52. The summed E-state index contributed by atoms with van der Waals surface area (Å²) >= 11 is 0. The molecular weight excluding hydrogens is 278 g/mol. The molecule has 0 atom stereocenters. The minimum Gasteiger partial charge on any atom is -0.466 e. The van der Waals surface area contributed by atoms with Crippen LogP contribution in [-0.2, 0) is 23.8 Å². The molecule has 21 heavy (non-hydrogen) atoms. The topological polar surface area (TPSA) is 90.9 Å². The number of methoxy groups -OCH3 is 3. The van der Waals surface area contributed by atoms with Gasteiger partial charge < -0.3 is 19.5 Å². The number of hydrogen-bond donors (Lipinski definition) is 1. The predicted octanol–water partition coefficient (Wildman–Crippen LogP) is 1.11. The molecule has 0 fully saturated rings. The molecule has 7 heteroatoms. The zero-order chi connectivity index (χ0) is 15.8. The summed E-state index contributed by atoms with van der Waals surface area (Å²) in [6.07, 6.45) is 0.955. The maximum absolute atomic E-state index is 11.6. The summed E-state index contributed by atoms with van der Waals surface area (Å²) in [5.41, 5.74) is 0.592. The Morgan fingerprint density at radius 3 is 2.33 bits per heavy atom. The highest BCUT2D eigenvalue weighted by atomic mass is 16.5. The fraction of sp³-hybridized carbons (Fsp3) is 0.214. The van der Waals surface area contributed by atoms with Crippen LogP contribution in [0.5, 0.6) is 0 Å². The average molecular weight is 293 g/mol. The second-order valence-electron chi connectivity index (χ2n) is 3.77. The van der Waals surface area contributed by atoms with Gasteiger partial charge in [-0.1, -0.05) is 6.07 Å². The van der Waals surface area contributed by atoms with Crippen molar-refractivity contribution < 1.29 is 28.6 Å². The zero-order valence-corrected chi connectivity index (χ0v) is 11.8. The van der Waals surface area contributed by atoms with Crippen LogP contribution in [-0.4, -0.2) is 39.2 Å². The van der Waals surface area contributed by atoms with Crippen LogP contribution in [0.3, 0.4) is 0 Å². The Hall–Kier alpha value is -2.83. The van der Waals surface area contributed by atoms with Gasteiger partial charge in [0.15, 0.2) is 0 Å². The van der Waals surface area contributed by atoms with Crippen LogP contribution in [0.4, 0.5) is 5.69 Å². The second-order valence-corrected chi connectivity index (χ2v) is 3.77. The van der Waals surface area contributed by atoms with E-state index in [9.17, 15) is 14.4 Å². The van der Waals surface area contributed by atoms with Crippen LogP contribution >= 0.6 is 0 Å². The predicted molar refractivity (Wildman–Crippen MR) is 73.5 cm³/mol. The molecule has 1 N–H and O–H groups in total. The molecule has 0 aromatic heterocycles. The largest absolute Gasteiger partial charge is 0.466 e. The summed E-state index contributed by atoms with van der Waals surface area (Å²) in [7, 11) is 3.63. The Morgan fingerprint density at radius 1 is 1.05 bits per heavy atom. The van der Waals surface area contributed by atoms with Crippen molar-refractivity contribution in [2.24, 2.45) is 0 Å². The Balaban J connectivity index is 3.04. The number of nitrogens with one attached hydrogen (secondary N) is 1. The van der Waals surface area contributed by atoms with Gasteiger partial charge in [-0.05, 0) is 18.2 Å². The van der Waals surface area contributed by atoms with Crippen molar-refractivity contribution in [2.45, 2.75) is 0 Å². The number of benzene rings is 1. The first-order valence-corrected chi connectivity index (χ1v) is 5.85. The van der Waals surface area contributed by atoms with Crippen LogP contribution in [0.1, 0.15) is 10.4 Å². The van der Waals surface area contributed by atoms with E-state index in [0.717, 1.165) is 6.08 Å². The molecule has 0 bridgehead atoms. The minimum absolute atomic E-state index is 0.119. The Kier molecular flexibility index (Phi) is 5.94. The highest BCUT2D eigenvalue weighted by Gasteiger charge is 2.13. The van der Waals surface area contributed by atoms with E-state index in [4.69, 9.17) is 0 Å². The lowest BCUT2D eigenvalue weighted by Gasteiger charge is -2.09. The van der Waals surface area contributed by atoms with Gasteiger partial charge in [-0.25, -0.2) is 14.4 Å². The van der Waals surface area contributed by atoms with Gasteiger partial charge in [0.25, 0.3) is 0 Å². The van der Waals surface area contributed by atoms with Crippen molar-refractivity contribution in [1.29, 1.82) is 0 Å². The standard InChI is InChI=1S/C14H15NO6/c1-19-12(16)8-11(14(18)21-3)15-10-6-4-5-9(7-10)13(17)20-2/h4-8,15H,1-3H3/b11-8+. The summed E-state index contributed by atoms with van der Waals surface area (Å²) in [4.78, 5) is 34.3. The van der Waals surface area contributed by atoms with E-state index in [0.29, 0.717) is 11.3 Å². The van der Waals surface area contributed by atoms with Crippen LogP contribution in [0.25, 0.3) is 0 Å². The van der Waals surface area contributed by atoms with Crippen molar-refractivity contribution >= 4 is 23.6 Å². The van der Waals surface area contributed by atoms with Gasteiger partial charge in [-0.3, -0.25) is 0 Å². The van der Waals surface area contributed by atoms with Crippen molar-refractivity contribution in [3.63, 3.8) is 0 Å². The second kappa shape index (κ2) is 7.68. The highest BCUT2D eigenvalue weighted by molar-refractivity contribution is 5.99. The van der Waals surface area contributed by atoms with Crippen molar-refractivity contribution in [1.82, 2.24) is 0 Å². The van der Waals surface area contributed by atoms with Gasteiger partial charge in [0.05, 0.1) is 33.0 Å². The van der Waals surface area contributed by atoms with E-state index in [1.54, 1.807) is 18.2 Å².